The summed E-state index contributed by atoms with van der Waals surface area (Å²) in [6.07, 6.45) is 4.87. The Balaban J connectivity index is 1.41. The summed E-state index contributed by atoms with van der Waals surface area (Å²) in [5.41, 5.74) is 4.10. The predicted octanol–water partition coefficient (Wildman–Crippen LogP) is 3.09. The molecule has 2 aromatic heterocycles. The normalized spacial score (nSPS) is 10.9. The zero-order chi connectivity index (χ0) is 19.3. The van der Waals surface area contributed by atoms with Gasteiger partial charge in [0.1, 0.15) is 24.2 Å². The Bertz CT molecular complexity index is 1040. The first-order valence-corrected chi connectivity index (χ1v) is 8.75. The van der Waals surface area contributed by atoms with Crippen molar-refractivity contribution in [3.05, 3.63) is 78.3 Å². The second-order valence-electron chi connectivity index (χ2n) is 6.23. The molecule has 8 heteroatoms. The van der Waals surface area contributed by atoms with Crippen molar-refractivity contribution in [2.45, 2.75) is 13.1 Å². The van der Waals surface area contributed by atoms with Gasteiger partial charge in [-0.2, -0.15) is 10.2 Å². The summed E-state index contributed by atoms with van der Waals surface area (Å²) in [4.78, 5) is 3.95. The van der Waals surface area contributed by atoms with E-state index in [0.29, 0.717) is 30.1 Å². The van der Waals surface area contributed by atoms with Gasteiger partial charge in [0.2, 0.25) is 0 Å². The lowest BCUT2D eigenvalue weighted by molar-refractivity contribution is 0.411. The molecule has 0 unspecified atom stereocenters. The van der Waals surface area contributed by atoms with Crippen molar-refractivity contribution >= 4 is 0 Å². The molecule has 0 spiro atoms. The van der Waals surface area contributed by atoms with Gasteiger partial charge >= 0.3 is 0 Å². The predicted molar refractivity (Wildman–Crippen MR) is 102 cm³/mol. The van der Waals surface area contributed by atoms with E-state index in [9.17, 15) is 4.39 Å². The number of aromatic nitrogens is 5. The fourth-order valence-corrected chi connectivity index (χ4v) is 2.95. The Morgan fingerprint density at radius 1 is 1.14 bits per heavy atom. The fourth-order valence-electron chi connectivity index (χ4n) is 2.95. The molecule has 142 valence electrons. The average molecular weight is 378 g/mol. The van der Waals surface area contributed by atoms with E-state index >= 15 is 0 Å². The molecule has 4 rings (SSSR count). The number of hydrogen-bond donors (Lipinski definition) is 2. The van der Waals surface area contributed by atoms with Crippen LogP contribution < -0.4 is 10.1 Å². The van der Waals surface area contributed by atoms with Crippen LogP contribution >= 0.6 is 0 Å². The molecule has 2 heterocycles. The average Bonchev–Trinajstić information content (AvgIpc) is 3.41. The lowest BCUT2D eigenvalue weighted by Crippen LogP contribution is -2.13. The molecular formula is C20H19FN6O. The molecule has 2 aromatic carbocycles. The molecule has 0 radical (unpaired) electrons. The SMILES string of the molecule is COc1ccc(-c2[nH]ncc2CNCc2ccc(-n3cncn3)cc2)c(F)c1. The number of methoxy groups -OCH3 is 1. The van der Waals surface area contributed by atoms with Crippen molar-refractivity contribution in [2.75, 3.05) is 7.11 Å². The zero-order valence-corrected chi connectivity index (χ0v) is 15.3. The van der Waals surface area contributed by atoms with Crippen LogP contribution in [-0.4, -0.2) is 32.1 Å². The van der Waals surface area contributed by atoms with Crippen molar-refractivity contribution in [3.63, 3.8) is 0 Å². The molecular weight excluding hydrogens is 359 g/mol. The highest BCUT2D eigenvalue weighted by Crippen LogP contribution is 2.27. The number of nitrogens with one attached hydrogen (secondary N) is 2. The van der Waals surface area contributed by atoms with Crippen molar-refractivity contribution in [2.24, 2.45) is 0 Å². The number of aromatic amines is 1. The number of H-pyrrole nitrogens is 1. The van der Waals surface area contributed by atoms with E-state index in [1.165, 1.54) is 19.5 Å². The van der Waals surface area contributed by atoms with Crippen LogP contribution in [0.15, 0.2) is 61.3 Å². The molecule has 0 saturated heterocycles. The Hall–Kier alpha value is -3.52. The van der Waals surface area contributed by atoms with E-state index in [1.54, 1.807) is 29.3 Å². The third-order valence-corrected chi connectivity index (χ3v) is 4.43. The summed E-state index contributed by atoms with van der Waals surface area (Å²) in [6, 6.07) is 12.8. The summed E-state index contributed by atoms with van der Waals surface area (Å²) < 4.78 is 21.1. The van der Waals surface area contributed by atoms with Gasteiger partial charge in [-0.3, -0.25) is 5.10 Å². The first-order chi connectivity index (χ1) is 13.7. The van der Waals surface area contributed by atoms with Crippen molar-refractivity contribution < 1.29 is 9.13 Å². The van der Waals surface area contributed by atoms with Crippen molar-refractivity contribution in [1.82, 2.24) is 30.3 Å². The third-order valence-electron chi connectivity index (χ3n) is 4.43. The lowest BCUT2D eigenvalue weighted by Gasteiger charge is -2.08. The highest BCUT2D eigenvalue weighted by atomic mass is 19.1. The number of nitrogens with zero attached hydrogens (tertiary/aromatic N) is 4. The summed E-state index contributed by atoms with van der Waals surface area (Å²) in [6.45, 7) is 1.23. The minimum Gasteiger partial charge on any atom is -0.497 e. The molecule has 4 aromatic rings. The highest BCUT2D eigenvalue weighted by molar-refractivity contribution is 5.64. The minimum atomic E-state index is -0.353. The number of halogens is 1. The van der Waals surface area contributed by atoms with Gasteiger partial charge in [-0.15, -0.1) is 0 Å². The molecule has 0 aliphatic carbocycles. The first kappa shape index (κ1) is 17.9. The monoisotopic (exact) mass is 378 g/mol. The van der Waals surface area contributed by atoms with E-state index in [4.69, 9.17) is 4.74 Å². The van der Waals surface area contributed by atoms with Gasteiger partial charge < -0.3 is 10.1 Å². The van der Waals surface area contributed by atoms with E-state index in [2.05, 4.69) is 25.6 Å². The Morgan fingerprint density at radius 3 is 2.71 bits per heavy atom. The van der Waals surface area contributed by atoms with Gasteiger partial charge in [0.05, 0.1) is 24.7 Å². The standard InChI is InChI=1S/C20H19FN6O/c1-28-17-6-7-18(19(21)8-17)20-15(11-24-26-20)10-22-9-14-2-4-16(5-3-14)27-13-23-12-25-27/h2-8,11-13,22H,9-10H2,1H3,(H,24,26). The van der Waals surface area contributed by atoms with E-state index in [1.807, 2.05) is 24.3 Å². The fraction of sp³-hybridized carbons (Fsp3) is 0.150. The van der Waals surface area contributed by atoms with Crippen molar-refractivity contribution in [1.29, 1.82) is 0 Å². The molecule has 0 bridgehead atoms. The maximum absolute atomic E-state index is 14.4. The maximum atomic E-state index is 14.4. The van der Waals surface area contributed by atoms with Gasteiger partial charge in [0.25, 0.3) is 0 Å². The largest absolute Gasteiger partial charge is 0.497 e. The van der Waals surface area contributed by atoms with Crippen LogP contribution in [0.3, 0.4) is 0 Å². The Kier molecular flexibility index (Phi) is 5.11. The topological polar surface area (TPSA) is 80.6 Å². The number of rotatable bonds is 7. The molecule has 0 aliphatic heterocycles. The zero-order valence-electron chi connectivity index (χ0n) is 15.3. The molecule has 0 fully saturated rings. The summed E-state index contributed by atoms with van der Waals surface area (Å²) in [7, 11) is 1.51. The smallest absolute Gasteiger partial charge is 0.138 e. The van der Waals surface area contributed by atoms with Gasteiger partial charge in [-0.05, 0) is 29.8 Å². The van der Waals surface area contributed by atoms with E-state index in [0.717, 1.165) is 16.8 Å². The molecule has 0 atom stereocenters. The summed E-state index contributed by atoms with van der Waals surface area (Å²) >= 11 is 0. The Labute approximate surface area is 161 Å². The van der Waals surface area contributed by atoms with Crippen molar-refractivity contribution in [3.8, 4) is 22.7 Å². The van der Waals surface area contributed by atoms with Gasteiger partial charge in [0.15, 0.2) is 0 Å². The lowest BCUT2D eigenvalue weighted by atomic mass is 10.1. The number of benzene rings is 2. The van der Waals surface area contributed by atoms with Crippen LogP contribution in [0.25, 0.3) is 16.9 Å². The van der Waals surface area contributed by atoms with Crippen LogP contribution in [0.2, 0.25) is 0 Å². The maximum Gasteiger partial charge on any atom is 0.138 e. The Morgan fingerprint density at radius 2 is 2.00 bits per heavy atom. The number of ether oxygens (including phenoxy) is 1. The van der Waals surface area contributed by atoms with Crippen LogP contribution in [0.5, 0.6) is 5.75 Å². The van der Waals surface area contributed by atoms with Gasteiger partial charge in [0, 0.05) is 30.3 Å². The summed E-state index contributed by atoms with van der Waals surface area (Å²) in [5, 5.41) is 14.4. The summed E-state index contributed by atoms with van der Waals surface area (Å²) in [5.74, 6) is 0.128. The van der Waals surface area contributed by atoms with Crippen LogP contribution in [0.1, 0.15) is 11.1 Å². The minimum absolute atomic E-state index is 0.353. The quantitative estimate of drug-likeness (QED) is 0.517. The second-order valence-corrected chi connectivity index (χ2v) is 6.23. The second kappa shape index (κ2) is 8.01. The first-order valence-electron chi connectivity index (χ1n) is 8.75. The van der Waals surface area contributed by atoms with Gasteiger partial charge in [-0.1, -0.05) is 12.1 Å². The van der Waals surface area contributed by atoms with E-state index < -0.39 is 0 Å². The van der Waals surface area contributed by atoms with E-state index in [-0.39, 0.29) is 5.82 Å². The molecule has 7 nitrogen and oxygen atoms in total. The molecule has 0 aliphatic rings. The van der Waals surface area contributed by atoms with Crippen LogP contribution in [0, 0.1) is 5.82 Å². The molecule has 0 amide bonds. The molecule has 28 heavy (non-hydrogen) atoms. The van der Waals surface area contributed by atoms with Gasteiger partial charge in [-0.25, -0.2) is 14.1 Å². The third kappa shape index (κ3) is 3.77. The number of hydrogen-bond acceptors (Lipinski definition) is 5. The van der Waals surface area contributed by atoms with Crippen LogP contribution in [0.4, 0.5) is 4.39 Å². The highest BCUT2D eigenvalue weighted by Gasteiger charge is 2.13. The molecule has 0 saturated carbocycles. The van der Waals surface area contributed by atoms with Crippen LogP contribution in [-0.2, 0) is 13.1 Å². The molecule has 2 N–H and O–H groups in total.